The number of anilines is 3. The first-order valence-corrected chi connectivity index (χ1v) is 8.46. The summed E-state index contributed by atoms with van der Waals surface area (Å²) < 4.78 is 9.91. The van der Waals surface area contributed by atoms with Crippen molar-refractivity contribution in [2.45, 2.75) is 0 Å². The second-order valence-electron chi connectivity index (χ2n) is 5.78. The summed E-state index contributed by atoms with van der Waals surface area (Å²) in [7, 11) is 2.88. The van der Waals surface area contributed by atoms with Crippen molar-refractivity contribution in [2.24, 2.45) is 0 Å². The van der Waals surface area contributed by atoms with Gasteiger partial charge in [0.15, 0.2) is 0 Å². The lowest BCUT2D eigenvalue weighted by molar-refractivity contribution is 0.0601. The van der Waals surface area contributed by atoms with Crippen molar-refractivity contribution in [3.8, 4) is 5.75 Å². The summed E-state index contributed by atoms with van der Waals surface area (Å²) in [5.41, 5.74) is 2.01. The van der Waals surface area contributed by atoms with E-state index in [-0.39, 0.29) is 5.91 Å². The fraction of sp³-hybridized carbons (Fsp3) is 0.0952. The van der Waals surface area contributed by atoms with Gasteiger partial charge >= 0.3 is 5.97 Å². The van der Waals surface area contributed by atoms with Gasteiger partial charge in [0.1, 0.15) is 11.6 Å². The van der Waals surface area contributed by atoms with E-state index in [0.717, 1.165) is 0 Å². The Bertz CT molecular complexity index is 987. The molecule has 0 unspecified atom stereocenters. The van der Waals surface area contributed by atoms with Gasteiger partial charge in [0.25, 0.3) is 5.91 Å². The molecule has 7 heteroatoms. The molecule has 7 nitrogen and oxygen atoms in total. The number of aromatic nitrogens is 1. The van der Waals surface area contributed by atoms with Gasteiger partial charge in [-0.15, -0.1) is 0 Å². The first-order valence-electron chi connectivity index (χ1n) is 8.46. The second kappa shape index (κ2) is 8.68. The molecule has 0 fully saturated rings. The molecule has 0 atom stereocenters. The number of esters is 1. The third-order valence-electron chi connectivity index (χ3n) is 3.95. The molecule has 28 heavy (non-hydrogen) atoms. The van der Waals surface area contributed by atoms with Gasteiger partial charge in [0, 0.05) is 5.56 Å². The van der Waals surface area contributed by atoms with Crippen LogP contribution in [0.4, 0.5) is 17.2 Å². The molecule has 0 spiro atoms. The minimum absolute atomic E-state index is 0.266. The molecule has 1 aromatic heterocycles. The first kappa shape index (κ1) is 18.9. The van der Waals surface area contributed by atoms with Crippen LogP contribution < -0.4 is 15.4 Å². The maximum atomic E-state index is 12.3. The molecule has 0 aliphatic heterocycles. The largest absolute Gasteiger partial charge is 0.497 e. The predicted molar refractivity (Wildman–Crippen MR) is 106 cm³/mol. The van der Waals surface area contributed by atoms with Gasteiger partial charge in [0.05, 0.1) is 37.4 Å². The van der Waals surface area contributed by atoms with E-state index in [1.807, 2.05) is 0 Å². The quantitative estimate of drug-likeness (QED) is 0.634. The Kier molecular flexibility index (Phi) is 5.86. The summed E-state index contributed by atoms with van der Waals surface area (Å²) in [4.78, 5) is 28.5. The molecule has 0 saturated carbocycles. The van der Waals surface area contributed by atoms with Crippen LogP contribution in [0.5, 0.6) is 5.75 Å². The SMILES string of the molecule is COC(=O)c1ccccc1Nc1ccc(NC(=O)c2cccc(OC)c2)cn1. The maximum Gasteiger partial charge on any atom is 0.339 e. The molecule has 2 aromatic carbocycles. The number of carbonyl (C=O) groups is 2. The molecule has 142 valence electrons. The first-order chi connectivity index (χ1) is 13.6. The van der Waals surface area contributed by atoms with E-state index in [1.165, 1.54) is 13.3 Å². The lowest BCUT2D eigenvalue weighted by Gasteiger charge is -2.11. The predicted octanol–water partition coefficient (Wildman–Crippen LogP) is 3.87. The van der Waals surface area contributed by atoms with Crippen molar-refractivity contribution in [3.63, 3.8) is 0 Å². The summed E-state index contributed by atoms with van der Waals surface area (Å²) in [6, 6.07) is 17.3. The number of benzene rings is 2. The Balaban J connectivity index is 1.70. The number of pyridine rings is 1. The molecule has 3 aromatic rings. The third-order valence-corrected chi connectivity index (χ3v) is 3.95. The molecule has 0 aliphatic carbocycles. The molecule has 3 rings (SSSR count). The minimum Gasteiger partial charge on any atom is -0.497 e. The van der Waals surface area contributed by atoms with Crippen molar-refractivity contribution in [1.82, 2.24) is 4.98 Å². The van der Waals surface area contributed by atoms with Crippen LogP contribution in [-0.2, 0) is 4.74 Å². The van der Waals surface area contributed by atoms with Crippen LogP contribution in [0.2, 0.25) is 0 Å². The number of hydrogen-bond donors (Lipinski definition) is 2. The molecule has 2 N–H and O–H groups in total. The summed E-state index contributed by atoms with van der Waals surface area (Å²) in [6.07, 6.45) is 1.53. The number of rotatable bonds is 6. The number of nitrogens with zero attached hydrogens (tertiary/aromatic N) is 1. The molecule has 0 saturated heterocycles. The lowest BCUT2D eigenvalue weighted by atomic mass is 10.2. The van der Waals surface area contributed by atoms with Crippen molar-refractivity contribution in [3.05, 3.63) is 78.0 Å². The molecular weight excluding hydrogens is 358 g/mol. The van der Waals surface area contributed by atoms with Crippen LogP contribution in [-0.4, -0.2) is 31.1 Å². The zero-order valence-electron chi connectivity index (χ0n) is 15.4. The van der Waals surface area contributed by atoms with Crippen LogP contribution in [0.1, 0.15) is 20.7 Å². The van der Waals surface area contributed by atoms with Gasteiger partial charge in [-0.05, 0) is 42.5 Å². The van der Waals surface area contributed by atoms with E-state index in [9.17, 15) is 9.59 Å². The highest BCUT2D eigenvalue weighted by atomic mass is 16.5. The lowest BCUT2D eigenvalue weighted by Crippen LogP contribution is -2.12. The number of methoxy groups -OCH3 is 2. The fourth-order valence-electron chi connectivity index (χ4n) is 2.53. The second-order valence-corrected chi connectivity index (χ2v) is 5.78. The number of amides is 1. The Morgan fingerprint density at radius 1 is 0.964 bits per heavy atom. The topological polar surface area (TPSA) is 89.6 Å². The van der Waals surface area contributed by atoms with Crippen molar-refractivity contribution < 1.29 is 19.1 Å². The number of nitrogens with one attached hydrogen (secondary N) is 2. The van der Waals surface area contributed by atoms with E-state index in [4.69, 9.17) is 9.47 Å². The normalized spacial score (nSPS) is 10.1. The zero-order valence-corrected chi connectivity index (χ0v) is 15.4. The van der Waals surface area contributed by atoms with Crippen molar-refractivity contribution >= 4 is 29.1 Å². The van der Waals surface area contributed by atoms with E-state index in [1.54, 1.807) is 67.8 Å². The van der Waals surface area contributed by atoms with Gasteiger partial charge in [-0.25, -0.2) is 9.78 Å². The van der Waals surface area contributed by atoms with E-state index < -0.39 is 5.97 Å². The highest BCUT2D eigenvalue weighted by molar-refractivity contribution is 6.04. The van der Waals surface area contributed by atoms with Gasteiger partial charge in [-0.3, -0.25) is 4.79 Å². The van der Waals surface area contributed by atoms with E-state index in [0.29, 0.717) is 34.1 Å². The third kappa shape index (κ3) is 4.45. The highest BCUT2D eigenvalue weighted by Crippen LogP contribution is 2.21. The molecule has 1 amide bonds. The molecular formula is C21H19N3O4. The number of carbonyl (C=O) groups excluding carboxylic acids is 2. The Labute approximate surface area is 162 Å². The minimum atomic E-state index is -0.440. The van der Waals surface area contributed by atoms with Crippen LogP contribution in [0.25, 0.3) is 0 Å². The average Bonchev–Trinajstić information content (AvgIpc) is 2.75. The van der Waals surface area contributed by atoms with Crippen LogP contribution >= 0.6 is 0 Å². The molecule has 0 radical (unpaired) electrons. The van der Waals surface area contributed by atoms with E-state index >= 15 is 0 Å². The Hall–Kier alpha value is -3.87. The Morgan fingerprint density at radius 3 is 2.50 bits per heavy atom. The van der Waals surface area contributed by atoms with Gasteiger partial charge in [0.2, 0.25) is 0 Å². The zero-order chi connectivity index (χ0) is 19.9. The van der Waals surface area contributed by atoms with Crippen LogP contribution in [0.3, 0.4) is 0 Å². The van der Waals surface area contributed by atoms with Crippen LogP contribution in [0, 0.1) is 0 Å². The summed E-state index contributed by atoms with van der Waals surface area (Å²) in [5.74, 6) is 0.424. The fourth-order valence-corrected chi connectivity index (χ4v) is 2.53. The number of para-hydroxylation sites is 1. The summed E-state index contributed by atoms with van der Waals surface area (Å²) >= 11 is 0. The molecule has 1 heterocycles. The maximum absolute atomic E-state index is 12.3. The van der Waals surface area contributed by atoms with Gasteiger partial charge in [-0.2, -0.15) is 0 Å². The standard InChI is InChI=1S/C21H19N3O4/c1-27-16-7-5-6-14(12-16)20(25)23-15-10-11-19(22-13-15)24-18-9-4-3-8-17(18)21(26)28-2/h3-13H,1-2H3,(H,22,24)(H,23,25). The summed E-state index contributed by atoms with van der Waals surface area (Å²) in [5, 5.41) is 5.85. The van der Waals surface area contributed by atoms with Gasteiger partial charge in [-0.1, -0.05) is 18.2 Å². The van der Waals surface area contributed by atoms with Crippen LogP contribution in [0.15, 0.2) is 66.9 Å². The Morgan fingerprint density at radius 2 is 1.79 bits per heavy atom. The van der Waals surface area contributed by atoms with E-state index in [2.05, 4.69) is 15.6 Å². The van der Waals surface area contributed by atoms with Crippen molar-refractivity contribution in [1.29, 1.82) is 0 Å². The smallest absolute Gasteiger partial charge is 0.339 e. The number of ether oxygens (including phenoxy) is 2. The van der Waals surface area contributed by atoms with Gasteiger partial charge < -0.3 is 20.1 Å². The van der Waals surface area contributed by atoms with Crippen molar-refractivity contribution in [2.75, 3.05) is 24.9 Å². The highest BCUT2D eigenvalue weighted by Gasteiger charge is 2.12. The average molecular weight is 377 g/mol. The number of hydrogen-bond acceptors (Lipinski definition) is 6. The summed E-state index contributed by atoms with van der Waals surface area (Å²) in [6.45, 7) is 0. The monoisotopic (exact) mass is 377 g/mol. The molecule has 0 bridgehead atoms. The molecule has 0 aliphatic rings.